The van der Waals surface area contributed by atoms with Crippen LogP contribution in [0.2, 0.25) is 0 Å². The lowest BCUT2D eigenvalue weighted by atomic mass is 9.73. The summed E-state index contributed by atoms with van der Waals surface area (Å²) in [5, 5.41) is 3.02. The number of halogens is 1. The molecule has 26 heavy (non-hydrogen) atoms. The first kappa shape index (κ1) is 17.5. The Labute approximate surface area is 153 Å². The van der Waals surface area contributed by atoms with Crippen molar-refractivity contribution in [2.24, 2.45) is 5.92 Å². The van der Waals surface area contributed by atoms with E-state index in [0.29, 0.717) is 19.3 Å². The fraction of sp³-hybridized carbons (Fsp3) is 0.600. The van der Waals surface area contributed by atoms with Crippen LogP contribution in [0.1, 0.15) is 51.0 Å². The molecule has 140 valence electrons. The summed E-state index contributed by atoms with van der Waals surface area (Å²) in [5.74, 6) is -0.155. The van der Waals surface area contributed by atoms with E-state index in [1.165, 1.54) is 17.0 Å². The van der Waals surface area contributed by atoms with Crippen LogP contribution in [0, 0.1) is 11.7 Å². The lowest BCUT2D eigenvalue weighted by molar-refractivity contribution is -0.135. The van der Waals surface area contributed by atoms with Gasteiger partial charge in [0.25, 0.3) is 5.91 Å². The Balaban J connectivity index is 1.50. The molecule has 1 N–H and O–H groups in total. The van der Waals surface area contributed by atoms with Crippen LogP contribution in [0.5, 0.6) is 0 Å². The van der Waals surface area contributed by atoms with E-state index >= 15 is 0 Å². The Morgan fingerprint density at radius 2 is 1.92 bits per heavy atom. The van der Waals surface area contributed by atoms with Crippen LogP contribution >= 0.6 is 0 Å². The van der Waals surface area contributed by atoms with Gasteiger partial charge in [0.15, 0.2) is 0 Å². The summed E-state index contributed by atoms with van der Waals surface area (Å²) in [5.41, 5.74) is 0.284. The van der Waals surface area contributed by atoms with Gasteiger partial charge in [-0.3, -0.25) is 9.69 Å². The monoisotopic (exact) mass is 359 g/mol. The molecule has 1 aromatic carbocycles. The van der Waals surface area contributed by atoms with Crippen LogP contribution in [-0.2, 0) is 11.3 Å². The molecule has 1 aromatic rings. The molecule has 5 nitrogen and oxygen atoms in total. The summed E-state index contributed by atoms with van der Waals surface area (Å²) >= 11 is 0. The van der Waals surface area contributed by atoms with Crippen LogP contribution < -0.4 is 5.32 Å². The largest absolute Gasteiger partial charge is 0.326 e. The molecule has 4 rings (SSSR count). The number of benzene rings is 1. The van der Waals surface area contributed by atoms with Crippen molar-refractivity contribution >= 4 is 11.9 Å². The Morgan fingerprint density at radius 3 is 2.58 bits per heavy atom. The Hall–Kier alpha value is -1.95. The Morgan fingerprint density at radius 1 is 1.19 bits per heavy atom. The van der Waals surface area contributed by atoms with E-state index in [0.717, 1.165) is 44.1 Å². The number of nitrogens with one attached hydrogen (secondary N) is 1. The van der Waals surface area contributed by atoms with Gasteiger partial charge in [0.2, 0.25) is 0 Å². The third-order valence-electron chi connectivity index (χ3n) is 6.19. The zero-order chi connectivity index (χ0) is 18.3. The van der Waals surface area contributed by atoms with Gasteiger partial charge in [0.1, 0.15) is 11.4 Å². The van der Waals surface area contributed by atoms with Crippen LogP contribution in [0.25, 0.3) is 0 Å². The normalized spacial score (nSPS) is 28.9. The third-order valence-corrected chi connectivity index (χ3v) is 6.19. The molecule has 6 heteroatoms. The van der Waals surface area contributed by atoms with Gasteiger partial charge in [0, 0.05) is 12.6 Å². The number of carbonyl (C=O) groups is 2. The average molecular weight is 359 g/mol. The van der Waals surface area contributed by atoms with Crippen molar-refractivity contribution in [2.45, 2.75) is 63.6 Å². The summed E-state index contributed by atoms with van der Waals surface area (Å²) in [6.07, 6.45) is 5.95. The molecule has 3 fully saturated rings. The smallest absolute Gasteiger partial charge is 0.323 e. The quantitative estimate of drug-likeness (QED) is 0.821. The molecule has 2 atom stereocenters. The maximum atomic E-state index is 13.1. The fourth-order valence-electron chi connectivity index (χ4n) is 4.36. The number of carbonyl (C=O) groups excluding carboxylic acids is 2. The summed E-state index contributed by atoms with van der Waals surface area (Å²) in [6, 6.07) is 6.55. The summed E-state index contributed by atoms with van der Waals surface area (Å²) in [6.45, 7) is 2.99. The second-order valence-corrected chi connectivity index (χ2v) is 8.03. The highest BCUT2D eigenvalue weighted by Crippen LogP contribution is 2.39. The van der Waals surface area contributed by atoms with Crippen molar-refractivity contribution in [2.75, 3.05) is 6.67 Å². The number of rotatable bonds is 5. The van der Waals surface area contributed by atoms with E-state index in [-0.39, 0.29) is 23.7 Å². The zero-order valence-corrected chi connectivity index (χ0v) is 15.2. The number of nitrogens with zero attached hydrogens (tertiary/aromatic N) is 2. The molecular weight excluding hydrogens is 333 g/mol. The van der Waals surface area contributed by atoms with Crippen molar-refractivity contribution in [3.8, 4) is 0 Å². The van der Waals surface area contributed by atoms with E-state index in [9.17, 15) is 14.0 Å². The highest BCUT2D eigenvalue weighted by molar-refractivity contribution is 6.07. The van der Waals surface area contributed by atoms with E-state index in [2.05, 4.69) is 17.1 Å². The lowest BCUT2D eigenvalue weighted by Crippen LogP contribution is -2.54. The molecule has 3 amide bonds. The van der Waals surface area contributed by atoms with Gasteiger partial charge in [-0.1, -0.05) is 31.9 Å². The molecule has 0 aromatic heterocycles. The lowest BCUT2D eigenvalue weighted by Gasteiger charge is -2.37. The molecule has 0 bridgehead atoms. The van der Waals surface area contributed by atoms with Gasteiger partial charge in [-0.15, -0.1) is 0 Å². The van der Waals surface area contributed by atoms with Gasteiger partial charge in [0.05, 0.1) is 6.67 Å². The molecule has 3 aliphatic rings. The minimum atomic E-state index is -0.708. The third kappa shape index (κ3) is 3.11. The highest BCUT2D eigenvalue weighted by Gasteiger charge is 2.55. The molecule has 0 radical (unpaired) electrons. The van der Waals surface area contributed by atoms with Gasteiger partial charge in [-0.2, -0.15) is 0 Å². The maximum absolute atomic E-state index is 13.1. The topological polar surface area (TPSA) is 52.7 Å². The maximum Gasteiger partial charge on any atom is 0.326 e. The van der Waals surface area contributed by atoms with Crippen molar-refractivity contribution in [3.63, 3.8) is 0 Å². The standard InChI is InChI=1S/C20H26FN3O2/c1-14-4-2-3-11-20(14)18(25)24(19(26)22-20)13-23(17-9-10-17)12-15-5-7-16(21)8-6-15/h5-8,14,17H,2-4,9-13H2,1H3,(H,22,26)/t14-,20-/m1/s1. The SMILES string of the molecule is C[C@@H]1CCCC[C@@]12NC(=O)N(CN(Cc1ccc(F)cc1)C1CC1)C2=O. The predicted molar refractivity (Wildman–Crippen MR) is 95.6 cm³/mol. The highest BCUT2D eigenvalue weighted by atomic mass is 19.1. The molecule has 0 unspecified atom stereocenters. The van der Waals surface area contributed by atoms with Crippen LogP contribution in [0.15, 0.2) is 24.3 Å². The van der Waals surface area contributed by atoms with Gasteiger partial charge >= 0.3 is 6.03 Å². The Kier molecular flexibility index (Phi) is 4.47. The number of urea groups is 1. The van der Waals surface area contributed by atoms with Crippen molar-refractivity contribution < 1.29 is 14.0 Å². The van der Waals surface area contributed by atoms with E-state index in [4.69, 9.17) is 0 Å². The number of imide groups is 1. The second-order valence-electron chi connectivity index (χ2n) is 8.03. The molecular formula is C20H26FN3O2. The molecule has 2 saturated carbocycles. The summed E-state index contributed by atoms with van der Waals surface area (Å²) in [4.78, 5) is 29.3. The predicted octanol–water partition coefficient (Wildman–Crippen LogP) is 3.25. The van der Waals surface area contributed by atoms with Gasteiger partial charge < -0.3 is 5.32 Å². The molecule has 1 saturated heterocycles. The van der Waals surface area contributed by atoms with E-state index < -0.39 is 5.54 Å². The van der Waals surface area contributed by atoms with Crippen LogP contribution in [0.3, 0.4) is 0 Å². The first-order chi connectivity index (χ1) is 12.5. The fourth-order valence-corrected chi connectivity index (χ4v) is 4.36. The molecule has 1 aliphatic heterocycles. The first-order valence-corrected chi connectivity index (χ1v) is 9.62. The molecule has 1 heterocycles. The minimum Gasteiger partial charge on any atom is -0.323 e. The molecule has 1 spiro atoms. The zero-order valence-electron chi connectivity index (χ0n) is 15.2. The van der Waals surface area contributed by atoms with Crippen LogP contribution in [-0.4, -0.2) is 40.0 Å². The van der Waals surface area contributed by atoms with Crippen molar-refractivity contribution in [1.29, 1.82) is 0 Å². The van der Waals surface area contributed by atoms with Crippen molar-refractivity contribution in [3.05, 3.63) is 35.6 Å². The first-order valence-electron chi connectivity index (χ1n) is 9.62. The average Bonchev–Trinajstić information content (AvgIpc) is 3.43. The van der Waals surface area contributed by atoms with Crippen LogP contribution in [0.4, 0.5) is 9.18 Å². The van der Waals surface area contributed by atoms with E-state index in [1.807, 2.05) is 0 Å². The number of amides is 3. The summed E-state index contributed by atoms with van der Waals surface area (Å²) < 4.78 is 13.1. The number of hydrogen-bond donors (Lipinski definition) is 1. The molecule has 2 aliphatic carbocycles. The van der Waals surface area contributed by atoms with Gasteiger partial charge in [-0.05, 0) is 49.3 Å². The second kappa shape index (κ2) is 6.65. The Bertz CT molecular complexity index is 704. The minimum absolute atomic E-state index is 0.0699. The van der Waals surface area contributed by atoms with E-state index in [1.54, 1.807) is 12.1 Å². The van der Waals surface area contributed by atoms with Crippen molar-refractivity contribution in [1.82, 2.24) is 15.1 Å². The summed E-state index contributed by atoms with van der Waals surface area (Å²) in [7, 11) is 0. The van der Waals surface area contributed by atoms with Gasteiger partial charge in [-0.25, -0.2) is 14.1 Å². The number of hydrogen-bond acceptors (Lipinski definition) is 3.